The van der Waals surface area contributed by atoms with Gasteiger partial charge in [-0.3, -0.25) is 9.13 Å². The largest absolute Gasteiger partial charge is 0.309 e. The molecule has 0 saturated carbocycles. The Morgan fingerprint density at radius 2 is 0.844 bits per heavy atom. The number of pyridine rings is 1. The average molecular weight is 849 g/mol. The Kier molecular flexibility index (Phi) is 4.95. The molecule has 0 amide bonds. The van der Waals surface area contributed by atoms with Crippen molar-refractivity contribution in [3.8, 4) is 39.6 Å². The van der Waals surface area contributed by atoms with Crippen molar-refractivity contribution in [2.24, 2.45) is 0 Å². The summed E-state index contributed by atoms with van der Waals surface area (Å²) >= 11 is 1.63. The van der Waals surface area contributed by atoms with Crippen molar-refractivity contribution >= 4 is 96.9 Å². The highest BCUT2D eigenvalue weighted by atomic mass is 32.1. The van der Waals surface area contributed by atoms with Crippen LogP contribution in [0.3, 0.4) is 0 Å². The molecular formula is C59H36N4S. The van der Waals surface area contributed by atoms with Gasteiger partial charge in [-0.15, -0.1) is 11.3 Å². The minimum atomic E-state index is -0.664. The molecule has 0 spiro atoms. The molecule has 0 bridgehead atoms. The highest BCUT2D eigenvalue weighted by Gasteiger charge is 2.23. The van der Waals surface area contributed by atoms with Crippen LogP contribution >= 0.6 is 11.3 Å². The summed E-state index contributed by atoms with van der Waals surface area (Å²) in [6.07, 6.45) is 0. The molecule has 0 aliphatic carbocycles. The zero-order valence-corrected chi connectivity index (χ0v) is 34.1. The van der Waals surface area contributed by atoms with E-state index in [1.54, 1.807) is 23.5 Å². The Morgan fingerprint density at radius 1 is 0.359 bits per heavy atom. The Hall–Kier alpha value is -8.25. The van der Waals surface area contributed by atoms with E-state index in [-0.39, 0.29) is 55.2 Å². The molecule has 5 aromatic heterocycles. The summed E-state index contributed by atoms with van der Waals surface area (Å²) < 4.78 is 153. The van der Waals surface area contributed by atoms with E-state index in [4.69, 9.17) is 16.0 Å². The summed E-state index contributed by atoms with van der Waals surface area (Å²) in [5, 5.41) is 3.18. The van der Waals surface area contributed by atoms with Gasteiger partial charge in [0.2, 0.25) is 0 Å². The molecule has 0 saturated heterocycles. The first-order chi connectivity index (χ1) is 38.4. The van der Waals surface area contributed by atoms with Gasteiger partial charge in [0.25, 0.3) is 0 Å². The van der Waals surface area contributed by atoms with Crippen LogP contribution in [0.5, 0.6) is 0 Å². The van der Waals surface area contributed by atoms with Gasteiger partial charge in [-0.1, -0.05) is 151 Å². The SMILES string of the molecule is [2H]c1c([2H])c([2H])c2c(c1[2H])c1c([2H])c([2H])c([2H])c([2H])c1n2-c1cc(-c2c(-c3ccc4c(c3)sc3ccccc34)cccc2-n2c3ccccc3c3ccccc32)cc(-n2c3c([2H])c([2H])c([2H])c([2H])c3c3c([2H])c([2H])c([2H])c([2H])c32)n1. The quantitative estimate of drug-likeness (QED) is 0.170. The third-order valence-electron chi connectivity index (χ3n) is 12.2. The van der Waals surface area contributed by atoms with Crippen LogP contribution < -0.4 is 0 Å². The smallest absolute Gasteiger partial charge is 0.140 e. The molecule has 14 rings (SSSR count). The van der Waals surface area contributed by atoms with Crippen LogP contribution in [0.4, 0.5) is 0 Å². The second-order valence-electron chi connectivity index (χ2n) is 15.5. The van der Waals surface area contributed by atoms with E-state index in [9.17, 15) is 11.0 Å². The maximum Gasteiger partial charge on any atom is 0.140 e. The van der Waals surface area contributed by atoms with E-state index in [1.165, 1.54) is 9.13 Å². The third-order valence-corrected chi connectivity index (χ3v) is 13.3. The molecule has 0 atom stereocenters. The molecule has 0 N–H and O–H groups in total. The van der Waals surface area contributed by atoms with Gasteiger partial charge in [0.15, 0.2) is 0 Å². The van der Waals surface area contributed by atoms with Gasteiger partial charge in [0, 0.05) is 58.1 Å². The summed E-state index contributed by atoms with van der Waals surface area (Å²) in [7, 11) is 0. The lowest BCUT2D eigenvalue weighted by Crippen LogP contribution is -2.06. The van der Waals surface area contributed by atoms with Crippen LogP contribution in [-0.2, 0) is 0 Å². The lowest BCUT2D eigenvalue weighted by atomic mass is 9.92. The van der Waals surface area contributed by atoms with Gasteiger partial charge in [-0.2, -0.15) is 0 Å². The van der Waals surface area contributed by atoms with Gasteiger partial charge < -0.3 is 4.57 Å². The molecule has 64 heavy (non-hydrogen) atoms. The highest BCUT2D eigenvalue weighted by Crippen LogP contribution is 2.45. The van der Waals surface area contributed by atoms with Gasteiger partial charge in [-0.05, 0) is 83.3 Å². The first-order valence-electron chi connectivity index (χ1n) is 28.5. The molecule has 0 aliphatic heterocycles. The van der Waals surface area contributed by atoms with Gasteiger partial charge in [0.1, 0.15) is 11.6 Å². The fraction of sp³-hybridized carbons (Fsp3) is 0. The fourth-order valence-corrected chi connectivity index (χ4v) is 10.7. The number of fused-ring (bicyclic) bond motifs is 12. The summed E-state index contributed by atoms with van der Waals surface area (Å²) in [4.78, 5) is 5.21. The van der Waals surface area contributed by atoms with E-state index in [0.29, 0.717) is 22.4 Å². The molecule has 0 unspecified atom stereocenters. The lowest BCUT2D eigenvalue weighted by molar-refractivity contribution is 1.01. The maximum absolute atomic E-state index is 9.52. The normalized spacial score (nSPS) is 15.6. The molecular weight excluding hydrogens is 797 g/mol. The number of nitrogens with zero attached hydrogens (tertiary/aromatic N) is 4. The number of rotatable bonds is 5. The maximum atomic E-state index is 9.52. The number of aromatic nitrogens is 4. The van der Waals surface area contributed by atoms with Crippen molar-refractivity contribution in [1.82, 2.24) is 18.7 Å². The van der Waals surface area contributed by atoms with E-state index in [0.717, 1.165) is 47.5 Å². The minimum absolute atomic E-state index is 0.174. The molecule has 9 aromatic carbocycles. The van der Waals surface area contributed by atoms with Crippen LogP contribution in [0.2, 0.25) is 0 Å². The van der Waals surface area contributed by atoms with Crippen molar-refractivity contribution in [2.45, 2.75) is 0 Å². The van der Waals surface area contributed by atoms with Crippen molar-refractivity contribution < 1.29 is 21.9 Å². The summed E-state index contributed by atoms with van der Waals surface area (Å²) in [5.74, 6) is -0.348. The van der Waals surface area contributed by atoms with Crippen LogP contribution in [0.25, 0.3) is 125 Å². The summed E-state index contributed by atoms with van der Waals surface area (Å²) in [6, 6.07) is 29.5. The van der Waals surface area contributed by atoms with Crippen molar-refractivity contribution in [2.75, 3.05) is 0 Å². The fourth-order valence-electron chi connectivity index (χ4n) is 9.52. The highest BCUT2D eigenvalue weighted by molar-refractivity contribution is 7.25. The minimum Gasteiger partial charge on any atom is -0.309 e. The van der Waals surface area contributed by atoms with E-state index < -0.39 is 96.7 Å². The number of benzene rings is 9. The Labute approximate surface area is 394 Å². The van der Waals surface area contributed by atoms with Crippen molar-refractivity contribution in [1.29, 1.82) is 0 Å². The second-order valence-corrected chi connectivity index (χ2v) is 16.6. The monoisotopic (exact) mass is 848 g/mol. The molecule has 14 aromatic rings. The van der Waals surface area contributed by atoms with E-state index in [2.05, 4.69) is 28.8 Å². The average Bonchev–Trinajstić information content (AvgIpc) is 4.33. The molecule has 5 heteroatoms. The Morgan fingerprint density at radius 3 is 1.41 bits per heavy atom. The topological polar surface area (TPSA) is 27.7 Å². The Bertz CT molecular complexity index is 4780. The van der Waals surface area contributed by atoms with E-state index >= 15 is 0 Å². The van der Waals surface area contributed by atoms with E-state index in [1.807, 2.05) is 84.9 Å². The standard InChI is InChI=1S/C59H36N4S/c1-8-24-48-40(16-1)41-17-2-9-25-49(41)61(48)54-30-15-23-39(37-32-33-47-46-22-7-14-31-55(46)64-56(47)34-37)59(54)38-35-57(62-50-26-10-3-18-42(50)43-19-4-11-27-51(43)62)60-58(36-38)63-52-28-12-5-20-44(52)45-21-6-13-29-53(45)63/h1-36H/i3D,4D,5D,6D,10D,11D,12D,13D,18D,19D,20D,21D,26D,27D,28D,29D. The van der Waals surface area contributed by atoms with Gasteiger partial charge in [-0.25, -0.2) is 4.98 Å². The van der Waals surface area contributed by atoms with Crippen LogP contribution in [0, 0.1) is 0 Å². The predicted octanol–water partition coefficient (Wildman–Crippen LogP) is 16.1. The number of para-hydroxylation sites is 6. The molecule has 298 valence electrons. The summed E-state index contributed by atoms with van der Waals surface area (Å²) in [5.41, 5.74) is 3.69. The predicted molar refractivity (Wildman–Crippen MR) is 271 cm³/mol. The third kappa shape index (κ3) is 5.07. The van der Waals surface area contributed by atoms with Gasteiger partial charge in [0.05, 0.1) is 60.7 Å². The van der Waals surface area contributed by atoms with Crippen LogP contribution in [0.15, 0.2) is 218 Å². The van der Waals surface area contributed by atoms with Crippen LogP contribution in [-0.4, -0.2) is 18.7 Å². The first-order valence-corrected chi connectivity index (χ1v) is 21.3. The first kappa shape index (κ1) is 23.3. The molecule has 0 aliphatic rings. The molecule has 5 heterocycles. The Balaban J connectivity index is 1.23. The molecule has 0 fully saturated rings. The molecule has 0 radical (unpaired) electrons. The molecule has 4 nitrogen and oxygen atoms in total. The zero-order chi connectivity index (χ0) is 55.8. The number of hydrogen-bond acceptors (Lipinski definition) is 2. The second kappa shape index (κ2) is 13.6. The zero-order valence-electron chi connectivity index (χ0n) is 49.2. The van der Waals surface area contributed by atoms with Crippen molar-refractivity contribution in [3.63, 3.8) is 0 Å². The van der Waals surface area contributed by atoms with Crippen molar-refractivity contribution in [3.05, 3.63) is 218 Å². The van der Waals surface area contributed by atoms with Crippen LogP contribution in [0.1, 0.15) is 21.9 Å². The number of thiophene rings is 1. The van der Waals surface area contributed by atoms with Gasteiger partial charge >= 0.3 is 0 Å². The number of hydrogen-bond donors (Lipinski definition) is 0. The lowest BCUT2D eigenvalue weighted by Gasteiger charge is -2.21. The summed E-state index contributed by atoms with van der Waals surface area (Å²) in [6.45, 7) is 0.